The van der Waals surface area contributed by atoms with Crippen molar-refractivity contribution >= 4 is 11.6 Å². The predicted molar refractivity (Wildman–Crippen MR) is 73.0 cm³/mol. The molecule has 5 nitrogen and oxygen atoms in total. The van der Waals surface area contributed by atoms with Crippen LogP contribution in [0.2, 0.25) is 0 Å². The first-order valence-corrected chi connectivity index (χ1v) is 6.94. The van der Waals surface area contributed by atoms with Crippen molar-refractivity contribution < 1.29 is 18.3 Å². The molecule has 21 heavy (non-hydrogen) atoms. The normalized spacial score (nSPS) is 22.9. The van der Waals surface area contributed by atoms with Crippen LogP contribution in [-0.2, 0) is 6.18 Å². The van der Waals surface area contributed by atoms with Gasteiger partial charge in [-0.2, -0.15) is 13.2 Å². The minimum Gasteiger partial charge on any atom is -0.393 e. The molecule has 0 aromatic carbocycles. The maximum Gasteiger partial charge on any atom is 0.451 e. The molecule has 118 valence electrons. The van der Waals surface area contributed by atoms with Gasteiger partial charge in [-0.3, -0.25) is 0 Å². The van der Waals surface area contributed by atoms with Crippen LogP contribution in [0.4, 0.5) is 24.8 Å². The van der Waals surface area contributed by atoms with Crippen LogP contribution >= 0.6 is 0 Å². The Kier molecular flexibility index (Phi) is 4.87. The van der Waals surface area contributed by atoms with Crippen molar-refractivity contribution in [3.05, 3.63) is 11.9 Å². The summed E-state index contributed by atoms with van der Waals surface area (Å²) in [6, 6.07) is 1.45. The minimum absolute atomic E-state index is 0.124. The first-order chi connectivity index (χ1) is 9.88. The predicted octanol–water partition coefficient (Wildman–Crippen LogP) is 2.50. The molecule has 0 saturated heterocycles. The molecule has 0 amide bonds. The van der Waals surface area contributed by atoms with Gasteiger partial charge in [0.25, 0.3) is 0 Å². The molecule has 0 bridgehead atoms. The fourth-order valence-corrected chi connectivity index (χ4v) is 2.39. The maximum atomic E-state index is 12.7. The number of aliphatic hydroxyl groups is 1. The zero-order valence-electron chi connectivity index (χ0n) is 11.7. The summed E-state index contributed by atoms with van der Waals surface area (Å²) in [4.78, 5) is 6.92. The smallest absolute Gasteiger partial charge is 0.393 e. The van der Waals surface area contributed by atoms with Crippen LogP contribution in [0.15, 0.2) is 6.07 Å². The van der Waals surface area contributed by atoms with Crippen LogP contribution in [0.1, 0.15) is 31.5 Å². The largest absolute Gasteiger partial charge is 0.451 e. The zero-order valence-corrected chi connectivity index (χ0v) is 11.7. The highest BCUT2D eigenvalue weighted by atomic mass is 19.4. The molecule has 1 saturated carbocycles. The van der Waals surface area contributed by atoms with Crippen LogP contribution in [0.5, 0.6) is 0 Å². The lowest BCUT2D eigenvalue weighted by atomic mass is 9.87. The van der Waals surface area contributed by atoms with Gasteiger partial charge in [0.2, 0.25) is 5.82 Å². The summed E-state index contributed by atoms with van der Waals surface area (Å²) in [6.07, 6.45) is -1.60. The summed E-state index contributed by atoms with van der Waals surface area (Å²) in [6.45, 7) is 0.546. The van der Waals surface area contributed by atoms with Crippen molar-refractivity contribution in [2.24, 2.45) is 5.92 Å². The second kappa shape index (κ2) is 6.46. The highest BCUT2D eigenvalue weighted by Gasteiger charge is 2.35. The van der Waals surface area contributed by atoms with Crippen molar-refractivity contribution in [1.82, 2.24) is 9.97 Å². The van der Waals surface area contributed by atoms with E-state index in [0.717, 1.165) is 25.7 Å². The number of aromatic nitrogens is 2. The number of hydrogen-bond acceptors (Lipinski definition) is 5. The van der Waals surface area contributed by atoms with E-state index in [1.54, 1.807) is 0 Å². The van der Waals surface area contributed by atoms with Crippen LogP contribution in [-0.4, -0.2) is 34.8 Å². The maximum absolute atomic E-state index is 12.7. The van der Waals surface area contributed by atoms with E-state index < -0.39 is 12.0 Å². The molecular weight excluding hydrogens is 285 g/mol. The molecule has 2 rings (SSSR count). The number of aliphatic hydroxyl groups excluding tert-OH is 1. The molecular formula is C13H19F3N4O. The third-order valence-electron chi connectivity index (χ3n) is 3.62. The number of rotatable bonds is 4. The molecule has 1 aliphatic carbocycles. The number of nitrogens with one attached hydrogen (secondary N) is 2. The lowest BCUT2D eigenvalue weighted by Gasteiger charge is -2.25. The molecule has 3 N–H and O–H groups in total. The molecule has 1 heterocycles. The Bertz CT molecular complexity index is 473. The molecule has 0 unspecified atom stereocenters. The van der Waals surface area contributed by atoms with Gasteiger partial charge in [-0.15, -0.1) is 0 Å². The summed E-state index contributed by atoms with van der Waals surface area (Å²) in [7, 11) is 1.51. The van der Waals surface area contributed by atoms with Gasteiger partial charge < -0.3 is 15.7 Å². The van der Waals surface area contributed by atoms with E-state index in [0.29, 0.717) is 12.5 Å². The summed E-state index contributed by atoms with van der Waals surface area (Å²) in [5.41, 5.74) is 0. The van der Waals surface area contributed by atoms with Gasteiger partial charge in [0.05, 0.1) is 6.10 Å². The summed E-state index contributed by atoms with van der Waals surface area (Å²) in [5.74, 6) is -0.529. The van der Waals surface area contributed by atoms with Crippen molar-refractivity contribution in [3.8, 4) is 0 Å². The highest BCUT2D eigenvalue weighted by Crippen LogP contribution is 2.29. The average Bonchev–Trinajstić information content (AvgIpc) is 2.45. The van der Waals surface area contributed by atoms with Crippen LogP contribution in [0.25, 0.3) is 0 Å². The summed E-state index contributed by atoms with van der Waals surface area (Å²) < 4.78 is 38.1. The van der Waals surface area contributed by atoms with E-state index in [9.17, 15) is 18.3 Å². The number of alkyl halides is 3. The Labute approximate surface area is 121 Å². The molecule has 1 aromatic heterocycles. The monoisotopic (exact) mass is 304 g/mol. The van der Waals surface area contributed by atoms with Crippen molar-refractivity contribution in [2.45, 2.75) is 38.0 Å². The standard InChI is InChI=1S/C13H19F3N4O/c1-17-10-6-11(20-12(19-10)13(14,15)16)18-7-8-2-4-9(21)5-3-8/h6,8-9,21H,2-5,7H2,1H3,(H2,17,18,19,20). The van der Waals surface area contributed by atoms with Gasteiger partial charge in [0.15, 0.2) is 0 Å². The molecule has 1 aromatic rings. The lowest BCUT2D eigenvalue weighted by molar-refractivity contribution is -0.144. The fraction of sp³-hybridized carbons (Fsp3) is 0.692. The lowest BCUT2D eigenvalue weighted by Crippen LogP contribution is -2.24. The second-order valence-corrected chi connectivity index (χ2v) is 5.27. The number of nitrogens with zero attached hydrogens (tertiary/aromatic N) is 2. The summed E-state index contributed by atoms with van der Waals surface area (Å²) >= 11 is 0. The SMILES string of the molecule is CNc1cc(NCC2CCC(O)CC2)nc(C(F)(F)F)n1. The van der Waals surface area contributed by atoms with Crippen molar-refractivity contribution in [1.29, 1.82) is 0 Å². The van der Waals surface area contributed by atoms with Gasteiger partial charge >= 0.3 is 6.18 Å². The van der Waals surface area contributed by atoms with Crippen LogP contribution in [0, 0.1) is 5.92 Å². The van der Waals surface area contributed by atoms with Crippen LogP contribution < -0.4 is 10.6 Å². The van der Waals surface area contributed by atoms with Gasteiger partial charge in [0.1, 0.15) is 11.6 Å². The topological polar surface area (TPSA) is 70.1 Å². The van der Waals surface area contributed by atoms with Gasteiger partial charge in [0, 0.05) is 19.7 Å². The Morgan fingerprint density at radius 2 is 1.81 bits per heavy atom. The van der Waals surface area contributed by atoms with E-state index >= 15 is 0 Å². The van der Waals surface area contributed by atoms with E-state index in [1.165, 1.54) is 13.1 Å². The number of halogens is 3. The third kappa shape index (κ3) is 4.45. The quantitative estimate of drug-likeness (QED) is 0.797. The van der Waals surface area contributed by atoms with Gasteiger partial charge in [-0.05, 0) is 31.6 Å². The average molecular weight is 304 g/mol. The third-order valence-corrected chi connectivity index (χ3v) is 3.62. The fourth-order valence-electron chi connectivity index (χ4n) is 2.39. The Hall–Kier alpha value is -1.57. The minimum atomic E-state index is -4.57. The highest BCUT2D eigenvalue weighted by molar-refractivity contribution is 5.47. The Morgan fingerprint density at radius 1 is 1.19 bits per heavy atom. The Balaban J connectivity index is 2.02. The van der Waals surface area contributed by atoms with Crippen molar-refractivity contribution in [3.63, 3.8) is 0 Å². The molecule has 1 fully saturated rings. The molecule has 1 aliphatic rings. The molecule has 0 aliphatic heterocycles. The summed E-state index contributed by atoms with van der Waals surface area (Å²) in [5, 5.41) is 15.0. The molecule has 0 radical (unpaired) electrons. The first kappa shape index (κ1) is 15.8. The van der Waals surface area contributed by atoms with E-state index in [2.05, 4.69) is 20.6 Å². The zero-order chi connectivity index (χ0) is 15.5. The van der Waals surface area contributed by atoms with Crippen LogP contribution in [0.3, 0.4) is 0 Å². The first-order valence-electron chi connectivity index (χ1n) is 6.94. The molecule has 8 heteroatoms. The van der Waals surface area contributed by atoms with Gasteiger partial charge in [-0.25, -0.2) is 9.97 Å². The molecule has 0 spiro atoms. The van der Waals surface area contributed by atoms with E-state index in [-0.39, 0.29) is 17.7 Å². The molecule has 0 atom stereocenters. The number of hydrogen-bond donors (Lipinski definition) is 3. The number of anilines is 2. The van der Waals surface area contributed by atoms with Gasteiger partial charge in [-0.1, -0.05) is 0 Å². The van der Waals surface area contributed by atoms with E-state index in [1.807, 2.05) is 0 Å². The second-order valence-electron chi connectivity index (χ2n) is 5.27. The Morgan fingerprint density at radius 3 is 2.38 bits per heavy atom. The van der Waals surface area contributed by atoms with Crippen molar-refractivity contribution in [2.75, 3.05) is 24.2 Å². The van der Waals surface area contributed by atoms with E-state index in [4.69, 9.17) is 0 Å².